The molecule has 12 aromatic carbocycles. The Kier molecular flexibility index (Phi) is 8.02. The van der Waals surface area contributed by atoms with Gasteiger partial charge in [-0.2, -0.15) is 0 Å². The van der Waals surface area contributed by atoms with E-state index >= 15 is 0 Å². The maximum Gasteiger partial charge on any atom is 0.143 e. The van der Waals surface area contributed by atoms with Crippen LogP contribution in [0, 0.1) is 0 Å². The summed E-state index contributed by atoms with van der Waals surface area (Å²) < 4.78 is 13.3. The van der Waals surface area contributed by atoms with Gasteiger partial charge in [-0.1, -0.05) is 206 Å². The zero-order valence-corrected chi connectivity index (χ0v) is 35.8. The first-order valence-corrected chi connectivity index (χ1v) is 22.6. The van der Waals surface area contributed by atoms with Crippen molar-refractivity contribution in [3.63, 3.8) is 0 Å². The normalized spacial score (nSPS) is 11.9. The molecule has 2 nitrogen and oxygen atoms in total. The predicted molar refractivity (Wildman–Crippen MR) is 277 cm³/mol. The Bertz CT molecular complexity index is 3930. The molecule has 0 saturated carbocycles. The lowest BCUT2D eigenvalue weighted by Crippen LogP contribution is -1.90. The van der Waals surface area contributed by atoms with E-state index in [1.54, 1.807) is 0 Å². The van der Waals surface area contributed by atoms with Crippen LogP contribution in [0.5, 0.6) is 0 Å². The first-order chi connectivity index (χ1) is 32.7. The molecule has 0 unspecified atom stereocenters. The van der Waals surface area contributed by atoms with Gasteiger partial charge in [0.15, 0.2) is 0 Å². The van der Waals surface area contributed by atoms with Crippen molar-refractivity contribution >= 4 is 75.8 Å². The number of furan rings is 2. The van der Waals surface area contributed by atoms with E-state index in [9.17, 15) is 0 Å². The van der Waals surface area contributed by atoms with E-state index in [1.165, 1.54) is 76.1 Å². The molecule has 0 aliphatic heterocycles. The Labute approximate surface area is 380 Å². The van der Waals surface area contributed by atoms with E-state index in [2.05, 4.69) is 218 Å². The van der Waals surface area contributed by atoms with Gasteiger partial charge in [-0.3, -0.25) is 0 Å². The van der Waals surface area contributed by atoms with Gasteiger partial charge in [0, 0.05) is 33.0 Å². The summed E-state index contributed by atoms with van der Waals surface area (Å²) >= 11 is 0. The van der Waals surface area contributed by atoms with Crippen LogP contribution in [-0.4, -0.2) is 0 Å². The SMILES string of the molecule is c1ccc2cc(-c3c(-c4ccc(-c5ccc6ccc7c(-c8ccc(-c9oc%10ccccc%10c9-c9ccc%10ccccc%10c9)cc8)ccc8ccc5c6c87)cc4)oc4ccccc34)ccc2c1. The van der Waals surface area contributed by atoms with Gasteiger partial charge in [-0.25, -0.2) is 0 Å². The number of hydrogen-bond acceptors (Lipinski definition) is 2. The Balaban J connectivity index is 0.847. The molecule has 0 N–H and O–H groups in total. The molecule has 0 saturated heterocycles. The number of para-hydroxylation sites is 2. The molecule has 0 fully saturated rings. The molecule has 0 atom stereocenters. The Hall–Kier alpha value is -8.72. The van der Waals surface area contributed by atoms with Crippen LogP contribution >= 0.6 is 0 Å². The van der Waals surface area contributed by atoms with Gasteiger partial charge in [-0.05, 0) is 112 Å². The Morgan fingerprint density at radius 3 is 1.03 bits per heavy atom. The molecule has 14 rings (SSSR count). The van der Waals surface area contributed by atoms with Gasteiger partial charge in [0.05, 0.1) is 0 Å². The lowest BCUT2D eigenvalue weighted by atomic mass is 9.87. The minimum absolute atomic E-state index is 0.886. The van der Waals surface area contributed by atoms with E-state index in [4.69, 9.17) is 8.83 Å². The molecule has 0 bridgehead atoms. The highest BCUT2D eigenvalue weighted by molar-refractivity contribution is 6.27. The van der Waals surface area contributed by atoms with Crippen LogP contribution in [0.15, 0.2) is 239 Å². The van der Waals surface area contributed by atoms with Gasteiger partial charge < -0.3 is 8.83 Å². The topological polar surface area (TPSA) is 26.3 Å². The third kappa shape index (κ3) is 5.68. The fourth-order valence-electron chi connectivity index (χ4n) is 10.7. The number of rotatable bonds is 6. The number of benzene rings is 12. The minimum Gasteiger partial charge on any atom is -0.455 e. The fraction of sp³-hybridized carbons (Fsp3) is 0. The molecule has 14 aromatic rings. The summed E-state index contributed by atoms with van der Waals surface area (Å²) in [5.41, 5.74) is 13.2. The average molecular weight is 839 g/mol. The van der Waals surface area contributed by atoms with Crippen LogP contribution in [-0.2, 0) is 0 Å². The van der Waals surface area contributed by atoms with E-state index in [-0.39, 0.29) is 0 Å². The lowest BCUT2D eigenvalue weighted by molar-refractivity contribution is 0.632. The molecular formula is C64H38O2. The van der Waals surface area contributed by atoms with Crippen LogP contribution in [0.25, 0.3) is 143 Å². The van der Waals surface area contributed by atoms with Gasteiger partial charge in [-0.15, -0.1) is 0 Å². The van der Waals surface area contributed by atoms with Crippen molar-refractivity contribution in [3.05, 3.63) is 231 Å². The van der Waals surface area contributed by atoms with Crippen LogP contribution in [0.2, 0.25) is 0 Å². The molecule has 2 heterocycles. The Morgan fingerprint density at radius 2 is 0.576 bits per heavy atom. The zero-order chi connectivity index (χ0) is 43.3. The van der Waals surface area contributed by atoms with Crippen LogP contribution in [0.1, 0.15) is 0 Å². The molecule has 0 aliphatic rings. The van der Waals surface area contributed by atoms with E-state index in [0.717, 1.165) is 66.8 Å². The predicted octanol–water partition coefficient (Wildman–Crippen LogP) is 18.4. The van der Waals surface area contributed by atoms with Crippen LogP contribution < -0.4 is 0 Å². The summed E-state index contributed by atoms with van der Waals surface area (Å²) in [7, 11) is 0. The van der Waals surface area contributed by atoms with Gasteiger partial charge in [0.1, 0.15) is 22.7 Å². The maximum atomic E-state index is 6.67. The monoisotopic (exact) mass is 838 g/mol. The number of hydrogen-bond donors (Lipinski definition) is 0. The first kappa shape index (κ1) is 36.7. The lowest BCUT2D eigenvalue weighted by Gasteiger charge is -2.17. The first-order valence-electron chi connectivity index (χ1n) is 22.6. The highest BCUT2D eigenvalue weighted by Crippen LogP contribution is 2.46. The summed E-state index contributed by atoms with van der Waals surface area (Å²) in [5.74, 6) is 1.77. The van der Waals surface area contributed by atoms with E-state index in [0.29, 0.717) is 0 Å². The van der Waals surface area contributed by atoms with Crippen molar-refractivity contribution in [2.45, 2.75) is 0 Å². The smallest absolute Gasteiger partial charge is 0.143 e. The second-order valence-electron chi connectivity index (χ2n) is 17.5. The summed E-state index contributed by atoms with van der Waals surface area (Å²) in [6.45, 7) is 0. The third-order valence-corrected chi connectivity index (χ3v) is 13.8. The molecule has 2 heteroatoms. The van der Waals surface area contributed by atoms with Crippen molar-refractivity contribution in [2.75, 3.05) is 0 Å². The van der Waals surface area contributed by atoms with Crippen LogP contribution in [0.4, 0.5) is 0 Å². The van der Waals surface area contributed by atoms with Crippen molar-refractivity contribution in [2.24, 2.45) is 0 Å². The maximum absolute atomic E-state index is 6.67. The van der Waals surface area contributed by atoms with Crippen molar-refractivity contribution < 1.29 is 8.83 Å². The average Bonchev–Trinajstić information content (AvgIpc) is 3.97. The molecule has 66 heavy (non-hydrogen) atoms. The van der Waals surface area contributed by atoms with Gasteiger partial charge in [0.2, 0.25) is 0 Å². The van der Waals surface area contributed by atoms with E-state index < -0.39 is 0 Å². The van der Waals surface area contributed by atoms with Gasteiger partial charge in [0.25, 0.3) is 0 Å². The minimum atomic E-state index is 0.886. The quantitative estimate of drug-likeness (QED) is 0.156. The van der Waals surface area contributed by atoms with Gasteiger partial charge >= 0.3 is 0 Å². The van der Waals surface area contributed by atoms with E-state index in [1.807, 2.05) is 12.1 Å². The molecule has 0 spiro atoms. The summed E-state index contributed by atoms with van der Waals surface area (Å²) in [4.78, 5) is 0. The summed E-state index contributed by atoms with van der Waals surface area (Å²) in [5, 5.41) is 14.7. The second kappa shape index (κ2) is 14.4. The molecule has 0 radical (unpaired) electrons. The summed E-state index contributed by atoms with van der Waals surface area (Å²) in [6, 6.07) is 83.4. The van der Waals surface area contributed by atoms with Crippen molar-refractivity contribution in [1.29, 1.82) is 0 Å². The van der Waals surface area contributed by atoms with Crippen molar-refractivity contribution in [3.8, 4) is 67.2 Å². The Morgan fingerprint density at radius 1 is 0.227 bits per heavy atom. The second-order valence-corrected chi connectivity index (χ2v) is 17.5. The molecule has 0 aliphatic carbocycles. The molecule has 0 amide bonds. The number of fused-ring (bicyclic) bond motifs is 4. The largest absolute Gasteiger partial charge is 0.455 e. The molecule has 306 valence electrons. The summed E-state index contributed by atoms with van der Waals surface area (Å²) in [6.07, 6.45) is 0. The zero-order valence-electron chi connectivity index (χ0n) is 35.8. The fourth-order valence-corrected chi connectivity index (χ4v) is 10.7. The van der Waals surface area contributed by atoms with Crippen molar-refractivity contribution in [1.82, 2.24) is 0 Å². The molecular weight excluding hydrogens is 801 g/mol. The van der Waals surface area contributed by atoms with Crippen LogP contribution in [0.3, 0.4) is 0 Å². The highest BCUT2D eigenvalue weighted by atomic mass is 16.3. The third-order valence-electron chi connectivity index (χ3n) is 13.8. The highest BCUT2D eigenvalue weighted by Gasteiger charge is 2.21. The molecule has 2 aromatic heterocycles. The standard InChI is InChI=1S/C64H38O2/c1-3-11-47-37-49(27-17-39(47)9-1)61-55-13-5-7-15-57(55)65-63(61)45-23-19-41(20-24-45)51-33-29-43-32-36-54-52(34-30-44-31-35-53(51)59(43)60(44)54)42-21-25-46(26-22-42)64-62(56-14-6-8-16-58(56)66-64)50-28-18-40-10-2-4-12-48(40)38-50/h1-38H.